The number of rotatable bonds is 4. The van der Waals surface area contributed by atoms with E-state index in [-0.39, 0.29) is 12.7 Å². The van der Waals surface area contributed by atoms with Crippen LogP contribution in [-0.2, 0) is 17.9 Å². The molecule has 104 valence electrons. The van der Waals surface area contributed by atoms with Gasteiger partial charge in [-0.1, -0.05) is 0 Å². The van der Waals surface area contributed by atoms with Crippen LogP contribution in [0.2, 0.25) is 0 Å². The topological polar surface area (TPSA) is 69.3 Å². The van der Waals surface area contributed by atoms with Gasteiger partial charge in [-0.25, -0.2) is 4.98 Å². The third kappa shape index (κ3) is 2.06. The lowest BCUT2D eigenvalue weighted by Gasteiger charge is -2.10. The lowest BCUT2D eigenvalue weighted by Crippen LogP contribution is -2.10. The summed E-state index contributed by atoms with van der Waals surface area (Å²) >= 11 is 0. The second-order valence-electron chi connectivity index (χ2n) is 4.80. The van der Waals surface area contributed by atoms with Gasteiger partial charge in [-0.05, 0) is 6.92 Å². The van der Waals surface area contributed by atoms with Gasteiger partial charge in [-0.15, -0.1) is 0 Å². The summed E-state index contributed by atoms with van der Waals surface area (Å²) in [7, 11) is 1.63. The zero-order valence-electron chi connectivity index (χ0n) is 11.4. The Hall–Kier alpha value is -2.26. The predicted octanol–water partition coefficient (Wildman–Crippen LogP) is 2.07. The van der Waals surface area contributed by atoms with Crippen LogP contribution >= 0.6 is 0 Å². The smallest absolute Gasteiger partial charge is 0.231 e. The van der Waals surface area contributed by atoms with Gasteiger partial charge in [0.1, 0.15) is 12.4 Å². The summed E-state index contributed by atoms with van der Waals surface area (Å²) in [5.74, 6) is 2.12. The number of hydrogen-bond donors (Lipinski definition) is 0. The molecular formula is C14H15N3O3. The first kappa shape index (κ1) is 12.8. The van der Waals surface area contributed by atoms with E-state index >= 15 is 0 Å². The maximum atomic E-state index is 9.02. The van der Waals surface area contributed by atoms with Gasteiger partial charge in [0.15, 0.2) is 11.5 Å². The third-order valence-electron chi connectivity index (χ3n) is 3.27. The molecule has 2 heterocycles. The number of fused-ring (bicyclic) bond motifs is 2. The number of nitrogens with zero attached hydrogens (tertiary/aromatic N) is 3. The van der Waals surface area contributed by atoms with E-state index in [4.69, 9.17) is 19.5 Å². The molecule has 0 N–H and O–H groups in total. The van der Waals surface area contributed by atoms with E-state index in [0.717, 1.165) is 16.9 Å². The minimum Gasteiger partial charge on any atom is -0.454 e. The Labute approximate surface area is 116 Å². The molecule has 0 saturated carbocycles. The molecule has 1 aromatic heterocycles. The fraction of sp³-hybridized carbons (Fsp3) is 0.429. The molecule has 3 rings (SSSR count). The molecule has 0 fully saturated rings. The number of nitriles is 1. The molecule has 1 unspecified atom stereocenters. The van der Waals surface area contributed by atoms with Crippen molar-refractivity contribution in [2.24, 2.45) is 5.92 Å². The van der Waals surface area contributed by atoms with Crippen LogP contribution in [0.5, 0.6) is 11.5 Å². The van der Waals surface area contributed by atoms with Crippen molar-refractivity contribution in [1.82, 2.24) is 9.55 Å². The number of hydrogen-bond acceptors (Lipinski definition) is 5. The summed E-state index contributed by atoms with van der Waals surface area (Å²) in [5.41, 5.74) is 1.76. The maximum absolute atomic E-state index is 9.02. The second-order valence-corrected chi connectivity index (χ2v) is 4.80. The van der Waals surface area contributed by atoms with Gasteiger partial charge in [0.2, 0.25) is 6.79 Å². The molecule has 20 heavy (non-hydrogen) atoms. The average Bonchev–Trinajstić information content (AvgIpc) is 3.02. The lowest BCUT2D eigenvalue weighted by atomic mass is 10.2. The lowest BCUT2D eigenvalue weighted by molar-refractivity contribution is 0.173. The van der Waals surface area contributed by atoms with Crippen LogP contribution in [0.4, 0.5) is 0 Å². The standard InChI is InChI=1S/C14H15N3O3/c1-9(5-15)6-17-11-4-13-12(19-8-20-13)3-10(11)16-14(17)7-18-2/h3-4,9H,6-8H2,1-2H3. The number of methoxy groups -OCH3 is 1. The normalized spacial score (nSPS) is 14.4. The van der Waals surface area contributed by atoms with Crippen LogP contribution in [0, 0.1) is 17.2 Å². The zero-order valence-corrected chi connectivity index (χ0v) is 11.4. The van der Waals surface area contributed by atoms with Crippen molar-refractivity contribution >= 4 is 11.0 Å². The minimum atomic E-state index is -0.103. The summed E-state index contributed by atoms with van der Waals surface area (Å²) in [5, 5.41) is 9.02. The molecule has 0 aliphatic carbocycles. The molecule has 2 aromatic rings. The van der Waals surface area contributed by atoms with Crippen molar-refractivity contribution in [2.75, 3.05) is 13.9 Å². The highest BCUT2D eigenvalue weighted by Gasteiger charge is 2.19. The van der Waals surface area contributed by atoms with Gasteiger partial charge in [0.25, 0.3) is 0 Å². The van der Waals surface area contributed by atoms with E-state index in [2.05, 4.69) is 11.1 Å². The first-order chi connectivity index (χ1) is 9.72. The Balaban J connectivity index is 2.12. The van der Waals surface area contributed by atoms with Gasteiger partial charge in [0, 0.05) is 25.8 Å². The van der Waals surface area contributed by atoms with Crippen LogP contribution in [-0.4, -0.2) is 23.5 Å². The van der Waals surface area contributed by atoms with Crippen molar-refractivity contribution in [3.05, 3.63) is 18.0 Å². The SMILES string of the molecule is COCc1nc2cc3c(cc2n1CC(C)C#N)OCO3. The predicted molar refractivity (Wildman–Crippen MR) is 71.3 cm³/mol. The summed E-state index contributed by atoms with van der Waals surface area (Å²) in [6.45, 7) is 3.10. The largest absolute Gasteiger partial charge is 0.454 e. The highest BCUT2D eigenvalue weighted by Crippen LogP contribution is 2.36. The molecule has 0 amide bonds. The molecule has 6 heteroatoms. The highest BCUT2D eigenvalue weighted by molar-refractivity contribution is 5.81. The van der Waals surface area contributed by atoms with E-state index in [1.807, 2.05) is 23.6 Å². The fourth-order valence-electron chi connectivity index (χ4n) is 2.32. The summed E-state index contributed by atoms with van der Waals surface area (Å²) in [6, 6.07) is 6.02. The molecule has 1 aliphatic heterocycles. The van der Waals surface area contributed by atoms with Crippen molar-refractivity contribution < 1.29 is 14.2 Å². The molecule has 0 saturated heterocycles. The van der Waals surface area contributed by atoms with Crippen LogP contribution in [0.25, 0.3) is 11.0 Å². The van der Waals surface area contributed by atoms with E-state index < -0.39 is 0 Å². The number of aromatic nitrogens is 2. The first-order valence-electron chi connectivity index (χ1n) is 6.40. The zero-order chi connectivity index (χ0) is 14.1. The van der Waals surface area contributed by atoms with Gasteiger partial charge in [-0.3, -0.25) is 0 Å². The van der Waals surface area contributed by atoms with E-state index in [1.165, 1.54) is 0 Å². The van der Waals surface area contributed by atoms with Crippen molar-refractivity contribution in [3.63, 3.8) is 0 Å². The second kappa shape index (κ2) is 5.02. The van der Waals surface area contributed by atoms with Gasteiger partial charge in [-0.2, -0.15) is 5.26 Å². The molecule has 1 aliphatic rings. The molecule has 1 atom stereocenters. The van der Waals surface area contributed by atoms with Gasteiger partial charge < -0.3 is 18.8 Å². The van der Waals surface area contributed by atoms with Crippen LogP contribution < -0.4 is 9.47 Å². The number of ether oxygens (including phenoxy) is 3. The van der Waals surface area contributed by atoms with Crippen LogP contribution in [0.3, 0.4) is 0 Å². The molecule has 0 radical (unpaired) electrons. The average molecular weight is 273 g/mol. The molecule has 0 bridgehead atoms. The Morgan fingerprint density at radius 1 is 1.45 bits per heavy atom. The number of imidazole rings is 1. The Bertz CT molecular complexity index is 687. The molecule has 1 aromatic carbocycles. The quantitative estimate of drug-likeness (QED) is 0.853. The molecule has 6 nitrogen and oxygen atoms in total. The summed E-state index contributed by atoms with van der Waals surface area (Å²) in [4.78, 5) is 4.56. The Kier molecular flexibility index (Phi) is 3.20. The van der Waals surface area contributed by atoms with Gasteiger partial charge in [0.05, 0.1) is 23.0 Å². The molecular weight excluding hydrogens is 258 g/mol. The minimum absolute atomic E-state index is 0.103. The Morgan fingerprint density at radius 3 is 2.90 bits per heavy atom. The van der Waals surface area contributed by atoms with E-state index in [9.17, 15) is 0 Å². The first-order valence-corrected chi connectivity index (χ1v) is 6.40. The highest BCUT2D eigenvalue weighted by atomic mass is 16.7. The monoisotopic (exact) mass is 273 g/mol. The van der Waals surface area contributed by atoms with Crippen LogP contribution in [0.1, 0.15) is 12.7 Å². The van der Waals surface area contributed by atoms with Gasteiger partial charge >= 0.3 is 0 Å². The van der Waals surface area contributed by atoms with E-state index in [1.54, 1.807) is 7.11 Å². The van der Waals surface area contributed by atoms with E-state index in [0.29, 0.717) is 24.7 Å². The van der Waals surface area contributed by atoms with Crippen molar-refractivity contribution in [2.45, 2.75) is 20.1 Å². The van der Waals surface area contributed by atoms with Crippen molar-refractivity contribution in [3.8, 4) is 17.6 Å². The Morgan fingerprint density at radius 2 is 2.20 bits per heavy atom. The fourth-order valence-corrected chi connectivity index (χ4v) is 2.32. The van der Waals surface area contributed by atoms with Crippen molar-refractivity contribution in [1.29, 1.82) is 5.26 Å². The maximum Gasteiger partial charge on any atom is 0.231 e. The summed E-state index contributed by atoms with van der Waals surface area (Å²) < 4.78 is 18.0. The third-order valence-corrected chi connectivity index (χ3v) is 3.27. The number of benzene rings is 1. The van der Waals surface area contributed by atoms with Crippen LogP contribution in [0.15, 0.2) is 12.1 Å². The summed E-state index contributed by atoms with van der Waals surface area (Å²) in [6.07, 6.45) is 0. The molecule has 0 spiro atoms.